The van der Waals surface area contributed by atoms with Gasteiger partial charge < -0.3 is 14.5 Å². The number of amides is 1. The van der Waals surface area contributed by atoms with E-state index < -0.39 is 5.91 Å². The number of hydrogen-bond donors (Lipinski definition) is 1. The van der Waals surface area contributed by atoms with Crippen molar-refractivity contribution in [1.82, 2.24) is 9.78 Å². The second-order valence-electron chi connectivity index (χ2n) is 6.70. The molecule has 10 heteroatoms. The monoisotopic (exact) mass is 509 g/mol. The minimum Gasteiger partial charge on any atom is -0.484 e. The van der Waals surface area contributed by atoms with Crippen LogP contribution in [-0.4, -0.2) is 15.7 Å². The molecule has 0 atom stereocenters. The van der Waals surface area contributed by atoms with Crippen LogP contribution in [-0.2, 0) is 13.2 Å². The van der Waals surface area contributed by atoms with Crippen molar-refractivity contribution < 1.29 is 13.9 Å². The molecule has 2 aromatic heterocycles. The molecule has 0 aliphatic heterocycles. The van der Waals surface area contributed by atoms with E-state index in [9.17, 15) is 4.79 Å². The third-order valence-corrected chi connectivity index (χ3v) is 5.79. The predicted octanol–water partition coefficient (Wildman–Crippen LogP) is 6.97. The summed E-state index contributed by atoms with van der Waals surface area (Å²) in [7, 11) is 0. The van der Waals surface area contributed by atoms with Crippen molar-refractivity contribution in [3.05, 3.63) is 98.0 Å². The van der Waals surface area contributed by atoms with Gasteiger partial charge in [-0.1, -0.05) is 58.5 Å². The molecule has 1 N–H and O–H groups in total. The SMILES string of the molecule is O=C(Nc1ccn(Cc2ccc(Cl)cc2Cl)n1)c1ccc(COc2cccc(Cl)c2Cl)o1. The van der Waals surface area contributed by atoms with Gasteiger partial charge in [-0.3, -0.25) is 9.48 Å². The summed E-state index contributed by atoms with van der Waals surface area (Å²) in [6.07, 6.45) is 1.73. The first-order valence-corrected chi connectivity index (χ1v) is 10.8. The zero-order chi connectivity index (χ0) is 22.7. The highest BCUT2D eigenvalue weighted by atomic mass is 35.5. The van der Waals surface area contributed by atoms with Crippen molar-refractivity contribution in [2.75, 3.05) is 5.32 Å². The maximum absolute atomic E-state index is 12.5. The van der Waals surface area contributed by atoms with Crippen LogP contribution in [0.2, 0.25) is 20.1 Å². The van der Waals surface area contributed by atoms with Gasteiger partial charge in [0.05, 0.1) is 11.6 Å². The number of hydrogen-bond acceptors (Lipinski definition) is 4. The smallest absolute Gasteiger partial charge is 0.292 e. The van der Waals surface area contributed by atoms with Gasteiger partial charge >= 0.3 is 0 Å². The van der Waals surface area contributed by atoms with Crippen LogP contribution in [0.1, 0.15) is 21.9 Å². The number of anilines is 1. The fourth-order valence-electron chi connectivity index (χ4n) is 2.84. The Hall–Kier alpha value is -2.64. The number of nitrogens with zero attached hydrogens (tertiary/aromatic N) is 2. The molecular formula is C22H15Cl4N3O3. The molecule has 2 aromatic carbocycles. The fraction of sp³-hybridized carbons (Fsp3) is 0.0909. The molecule has 4 aromatic rings. The molecule has 0 aliphatic rings. The molecule has 164 valence electrons. The Bertz CT molecular complexity index is 1270. The highest BCUT2D eigenvalue weighted by Crippen LogP contribution is 2.32. The van der Waals surface area contributed by atoms with Crippen molar-refractivity contribution in [1.29, 1.82) is 0 Å². The Morgan fingerprint density at radius 2 is 1.88 bits per heavy atom. The molecule has 4 rings (SSSR count). The summed E-state index contributed by atoms with van der Waals surface area (Å²) < 4.78 is 12.8. The van der Waals surface area contributed by atoms with Gasteiger partial charge in [0.15, 0.2) is 11.6 Å². The summed E-state index contributed by atoms with van der Waals surface area (Å²) in [4.78, 5) is 12.5. The Labute approximate surface area is 203 Å². The van der Waals surface area contributed by atoms with E-state index in [1.807, 2.05) is 6.07 Å². The van der Waals surface area contributed by atoms with Crippen LogP contribution in [0.15, 0.2) is 65.2 Å². The standard InChI is InChI=1S/C22H15Cl4N3O3/c23-14-5-4-13(17(25)10-14)11-29-9-8-20(28-29)27-22(30)19-7-6-15(32-19)12-31-18-3-1-2-16(24)21(18)26/h1-10H,11-12H2,(H,27,28,30). The predicted molar refractivity (Wildman–Crippen MR) is 125 cm³/mol. The summed E-state index contributed by atoms with van der Waals surface area (Å²) in [6, 6.07) is 15.2. The van der Waals surface area contributed by atoms with Crippen LogP contribution in [0.25, 0.3) is 0 Å². The average Bonchev–Trinajstić information content (AvgIpc) is 3.41. The molecule has 2 heterocycles. The zero-order valence-corrected chi connectivity index (χ0v) is 19.3. The lowest BCUT2D eigenvalue weighted by Gasteiger charge is -2.07. The fourth-order valence-corrected chi connectivity index (χ4v) is 3.66. The summed E-state index contributed by atoms with van der Waals surface area (Å²) in [5, 5.41) is 8.84. The van der Waals surface area contributed by atoms with Gasteiger partial charge in [0.25, 0.3) is 5.91 Å². The van der Waals surface area contributed by atoms with Crippen LogP contribution >= 0.6 is 46.4 Å². The first-order chi connectivity index (χ1) is 15.4. The lowest BCUT2D eigenvalue weighted by molar-refractivity contribution is 0.0992. The Morgan fingerprint density at radius 3 is 2.69 bits per heavy atom. The summed E-state index contributed by atoms with van der Waals surface area (Å²) in [6.45, 7) is 0.518. The maximum Gasteiger partial charge on any atom is 0.292 e. The molecule has 0 saturated heterocycles. The Morgan fingerprint density at radius 1 is 1.03 bits per heavy atom. The molecule has 0 saturated carbocycles. The second-order valence-corrected chi connectivity index (χ2v) is 8.32. The van der Waals surface area contributed by atoms with E-state index >= 15 is 0 Å². The van der Waals surface area contributed by atoms with Crippen molar-refractivity contribution in [3.63, 3.8) is 0 Å². The third kappa shape index (κ3) is 5.40. The first-order valence-electron chi connectivity index (χ1n) is 9.33. The first kappa shape index (κ1) is 22.6. The number of halogens is 4. The Balaban J connectivity index is 1.35. The van der Waals surface area contributed by atoms with E-state index in [1.54, 1.807) is 59.4 Å². The van der Waals surface area contributed by atoms with Crippen LogP contribution in [0.5, 0.6) is 5.75 Å². The number of furan rings is 1. The van der Waals surface area contributed by atoms with E-state index in [4.69, 9.17) is 55.6 Å². The molecule has 0 aliphatic carbocycles. The highest BCUT2D eigenvalue weighted by Gasteiger charge is 2.14. The zero-order valence-electron chi connectivity index (χ0n) is 16.3. The van der Waals surface area contributed by atoms with Gasteiger partial charge in [-0.05, 0) is 42.0 Å². The molecular weight excluding hydrogens is 496 g/mol. The van der Waals surface area contributed by atoms with Crippen molar-refractivity contribution in [3.8, 4) is 5.75 Å². The van der Waals surface area contributed by atoms with Gasteiger partial charge in [0, 0.05) is 22.3 Å². The van der Waals surface area contributed by atoms with Gasteiger partial charge in [-0.2, -0.15) is 5.10 Å². The van der Waals surface area contributed by atoms with Crippen LogP contribution in [0.4, 0.5) is 5.82 Å². The molecule has 32 heavy (non-hydrogen) atoms. The quantitative estimate of drug-likeness (QED) is 0.291. The summed E-state index contributed by atoms with van der Waals surface area (Å²) in [5.41, 5.74) is 0.854. The van der Waals surface area contributed by atoms with Crippen LogP contribution < -0.4 is 10.1 Å². The molecule has 0 fully saturated rings. The van der Waals surface area contributed by atoms with Gasteiger partial charge in [0.2, 0.25) is 0 Å². The number of nitrogens with one attached hydrogen (secondary N) is 1. The van der Waals surface area contributed by atoms with Gasteiger partial charge in [0.1, 0.15) is 23.1 Å². The van der Waals surface area contributed by atoms with E-state index in [2.05, 4.69) is 10.4 Å². The maximum atomic E-state index is 12.5. The van der Waals surface area contributed by atoms with E-state index in [-0.39, 0.29) is 12.4 Å². The van der Waals surface area contributed by atoms with E-state index in [1.165, 1.54) is 0 Å². The van der Waals surface area contributed by atoms with Crippen molar-refractivity contribution in [2.45, 2.75) is 13.2 Å². The number of benzene rings is 2. The molecule has 1 amide bonds. The minimum absolute atomic E-state index is 0.0871. The van der Waals surface area contributed by atoms with Gasteiger partial charge in [-0.15, -0.1) is 0 Å². The second kappa shape index (κ2) is 9.88. The molecule has 0 unspecified atom stereocenters. The molecule has 0 radical (unpaired) electrons. The summed E-state index contributed by atoms with van der Waals surface area (Å²) >= 11 is 24.2. The van der Waals surface area contributed by atoms with Crippen LogP contribution in [0.3, 0.4) is 0 Å². The van der Waals surface area contributed by atoms with Gasteiger partial charge in [-0.25, -0.2) is 0 Å². The lowest BCUT2D eigenvalue weighted by atomic mass is 10.2. The highest BCUT2D eigenvalue weighted by molar-refractivity contribution is 6.42. The topological polar surface area (TPSA) is 69.3 Å². The largest absolute Gasteiger partial charge is 0.484 e. The van der Waals surface area contributed by atoms with E-state index in [0.29, 0.717) is 44.0 Å². The minimum atomic E-state index is -0.438. The number of aromatic nitrogens is 2. The average molecular weight is 511 g/mol. The molecule has 0 spiro atoms. The molecule has 6 nitrogen and oxygen atoms in total. The summed E-state index contributed by atoms with van der Waals surface area (Å²) in [5.74, 6) is 0.935. The van der Waals surface area contributed by atoms with Crippen LogP contribution in [0, 0.1) is 0 Å². The number of ether oxygens (including phenoxy) is 1. The lowest BCUT2D eigenvalue weighted by Crippen LogP contribution is -2.12. The normalized spacial score (nSPS) is 10.9. The number of carbonyl (C=O) groups is 1. The number of rotatable bonds is 7. The molecule has 0 bridgehead atoms. The van der Waals surface area contributed by atoms with E-state index in [0.717, 1.165) is 5.56 Å². The third-order valence-electron chi connectivity index (χ3n) is 4.40. The van der Waals surface area contributed by atoms with Crippen molar-refractivity contribution in [2.24, 2.45) is 0 Å². The Kier molecular flexibility index (Phi) is 6.96. The van der Waals surface area contributed by atoms with Crippen molar-refractivity contribution >= 4 is 58.1 Å². The number of carbonyl (C=O) groups excluding carboxylic acids is 1.